The summed E-state index contributed by atoms with van der Waals surface area (Å²) in [6.07, 6.45) is 5.10. The number of allylic oxidation sites excluding steroid dienone is 2. The van der Waals surface area contributed by atoms with Gasteiger partial charge in [-0.2, -0.15) is 19.6 Å². The molecule has 25 heavy (non-hydrogen) atoms. The van der Waals surface area contributed by atoms with Crippen LogP contribution in [0.25, 0.3) is 0 Å². The van der Waals surface area contributed by atoms with Gasteiger partial charge >= 0.3 is 0 Å². The molecule has 0 fully saturated rings. The zero-order valence-electron chi connectivity index (χ0n) is 17.3. The predicted molar refractivity (Wildman–Crippen MR) is 120 cm³/mol. The van der Waals surface area contributed by atoms with Crippen molar-refractivity contribution in [2.75, 3.05) is 0 Å². The van der Waals surface area contributed by atoms with Crippen LogP contribution in [-0.4, -0.2) is 13.1 Å². The van der Waals surface area contributed by atoms with Crippen molar-refractivity contribution in [2.24, 2.45) is 11.8 Å². The van der Waals surface area contributed by atoms with Crippen molar-refractivity contribution >= 4 is 24.8 Å². The van der Waals surface area contributed by atoms with Gasteiger partial charge in [0.2, 0.25) is 0 Å². The molecule has 0 atom stereocenters. The lowest BCUT2D eigenvalue weighted by Gasteiger charge is -2.42. The number of rotatable bonds is 11. The normalized spacial score (nSPS) is 12.9. The number of hydrogen-bond donors (Lipinski definition) is 0. The summed E-state index contributed by atoms with van der Waals surface area (Å²) in [7, 11) is 0. The summed E-state index contributed by atoms with van der Waals surface area (Å²) < 4.78 is 1.68. The molecule has 1 aromatic carbocycles. The van der Waals surface area contributed by atoms with Gasteiger partial charge in [-0.25, -0.2) is 0 Å². The van der Waals surface area contributed by atoms with Crippen LogP contribution in [0.5, 0.6) is 0 Å². The highest BCUT2D eigenvalue weighted by atomic mass is 32.2. The molecule has 0 aromatic heterocycles. The summed E-state index contributed by atoms with van der Waals surface area (Å²) in [6, 6.07) is 10.9. The molecule has 0 amide bonds. The van der Waals surface area contributed by atoms with Gasteiger partial charge in [0.1, 0.15) is 0 Å². The van der Waals surface area contributed by atoms with E-state index in [1.54, 1.807) is 3.77 Å². The first-order valence-electron chi connectivity index (χ1n) is 10.1. The quantitative estimate of drug-likeness (QED) is 0.213. The maximum Gasteiger partial charge on any atom is 0.177 e. The summed E-state index contributed by atoms with van der Waals surface area (Å²) >= 11 is 0.115. The Labute approximate surface area is 163 Å². The van der Waals surface area contributed by atoms with Gasteiger partial charge in [0, 0.05) is 4.90 Å². The third-order valence-corrected chi connectivity index (χ3v) is 14.2. The monoisotopic (exact) mass is 373 g/mol. The molecule has 0 N–H and O–H groups in total. The van der Waals surface area contributed by atoms with Crippen LogP contribution in [0.4, 0.5) is 0 Å². The van der Waals surface area contributed by atoms with Gasteiger partial charge in [-0.15, -0.1) is 11.8 Å². The van der Waals surface area contributed by atoms with E-state index in [1.807, 2.05) is 11.8 Å². The molecule has 0 unspecified atom stereocenters. The van der Waals surface area contributed by atoms with Gasteiger partial charge in [0.25, 0.3) is 0 Å². The van der Waals surface area contributed by atoms with Crippen molar-refractivity contribution in [1.29, 1.82) is 0 Å². The lowest BCUT2D eigenvalue weighted by Crippen LogP contribution is -2.39. The largest absolute Gasteiger partial charge is 0.195 e. The molecule has 1 rings (SSSR count). The van der Waals surface area contributed by atoms with E-state index in [0.717, 1.165) is 11.8 Å². The van der Waals surface area contributed by atoms with Crippen molar-refractivity contribution in [2.45, 2.75) is 75.1 Å². The van der Waals surface area contributed by atoms with Crippen molar-refractivity contribution in [3.8, 4) is 0 Å². The first-order chi connectivity index (χ1) is 11.8. The third kappa shape index (κ3) is 8.21. The van der Waals surface area contributed by atoms with Crippen LogP contribution in [0.15, 0.2) is 57.2 Å². The fourth-order valence-corrected chi connectivity index (χ4v) is 14.3. The Balaban J connectivity index is 3.35. The molecule has 2 heteroatoms. The molecule has 0 saturated carbocycles. The first kappa shape index (κ1) is 22.6. The summed E-state index contributed by atoms with van der Waals surface area (Å²) in [5.74, 6) is 1.54. The molecule has 0 spiro atoms. The maximum absolute atomic E-state index is 4.23. The van der Waals surface area contributed by atoms with Crippen LogP contribution in [-0.2, 0) is 0 Å². The van der Waals surface area contributed by atoms with Gasteiger partial charge in [-0.05, 0) is 19.1 Å². The maximum atomic E-state index is 4.23. The number of hydrogen-bond acceptors (Lipinski definition) is 1. The van der Waals surface area contributed by atoms with Gasteiger partial charge in [0.15, 0.2) is 13.1 Å². The molecule has 0 nitrogen and oxygen atoms in total. The average molecular weight is 374 g/mol. The van der Waals surface area contributed by atoms with Gasteiger partial charge in [0.05, 0.1) is 0 Å². The summed E-state index contributed by atoms with van der Waals surface area (Å²) in [6.45, 7) is 18.3. The Morgan fingerprint density at radius 1 is 1.08 bits per heavy atom. The molecular weight excluding hydrogens is 335 g/mol. The molecule has 0 aliphatic heterocycles. The van der Waals surface area contributed by atoms with Crippen LogP contribution >= 0.6 is 11.8 Å². The topological polar surface area (TPSA) is 0 Å². The fourth-order valence-electron chi connectivity index (χ4n) is 4.30. The molecule has 0 aliphatic rings. The Bertz CT molecular complexity index is 532. The Morgan fingerprint density at radius 3 is 2.08 bits per heavy atom. The van der Waals surface area contributed by atoms with Crippen LogP contribution in [0.1, 0.15) is 54.4 Å². The van der Waals surface area contributed by atoms with E-state index in [2.05, 4.69) is 84.5 Å². The second kappa shape index (κ2) is 11.3. The Hall–Kier alpha value is -0.418. The fraction of sp³-hybridized carbons (Fsp3) is 0.565. The van der Waals surface area contributed by atoms with E-state index in [0.29, 0.717) is 0 Å². The third-order valence-electron chi connectivity index (χ3n) is 4.93. The highest BCUT2D eigenvalue weighted by Gasteiger charge is 2.34. The summed E-state index contributed by atoms with van der Waals surface area (Å²) in [5.41, 5.74) is 1.20. The van der Waals surface area contributed by atoms with Crippen LogP contribution in [0, 0.1) is 11.8 Å². The molecule has 1 aromatic rings. The minimum Gasteiger partial charge on any atom is -0.195 e. The van der Waals surface area contributed by atoms with Crippen LogP contribution in [0.3, 0.4) is 0 Å². The second-order valence-electron chi connectivity index (χ2n) is 8.69. The smallest absolute Gasteiger partial charge is 0.177 e. The van der Waals surface area contributed by atoms with E-state index in [-0.39, 0.29) is 0 Å². The average Bonchev–Trinajstić information content (AvgIpc) is 2.51. The minimum atomic E-state index is -1.92. The van der Waals surface area contributed by atoms with E-state index in [9.17, 15) is 0 Å². The van der Waals surface area contributed by atoms with Crippen molar-refractivity contribution in [3.63, 3.8) is 0 Å². The van der Waals surface area contributed by atoms with Crippen molar-refractivity contribution in [3.05, 3.63) is 52.3 Å². The zero-order valence-corrected chi connectivity index (χ0v) is 19.3. The van der Waals surface area contributed by atoms with Crippen LogP contribution < -0.4 is 0 Å². The molecular formula is C23H38AlS-. The van der Waals surface area contributed by atoms with Crippen molar-refractivity contribution < 1.29 is 0 Å². The van der Waals surface area contributed by atoms with Crippen LogP contribution in [0.2, 0.25) is 15.8 Å². The Morgan fingerprint density at radius 2 is 1.64 bits per heavy atom. The van der Waals surface area contributed by atoms with E-state index in [1.165, 1.54) is 39.2 Å². The zero-order chi connectivity index (χ0) is 18.9. The predicted octanol–water partition coefficient (Wildman–Crippen LogP) is 8.34. The van der Waals surface area contributed by atoms with Gasteiger partial charge in [-0.3, -0.25) is 0 Å². The molecule has 0 bridgehead atoms. The molecule has 140 valence electrons. The highest BCUT2D eigenvalue weighted by Crippen LogP contribution is 2.44. The first-order valence-corrected chi connectivity index (χ1v) is 13.9. The number of unbranched alkanes of at least 4 members (excludes halogenated alkanes) is 1. The van der Waals surface area contributed by atoms with Gasteiger partial charge in [-0.1, -0.05) is 95.7 Å². The minimum absolute atomic E-state index is 0.769. The standard InChI is InChI=1S/C11H11S.3C4H9.Al/c1-10(2)8-9-12-11-6-4-3-5-7-11;2*1-4(2)3;1-3-4-2;/h3-8H,1H2,2H3;2*4H,1H2,2-3H3;1,3-4H2,2H3;/q;;;;-1. The lowest BCUT2D eigenvalue weighted by molar-refractivity contribution is 0.672. The molecule has 0 radical (unpaired) electrons. The molecule has 0 aliphatic carbocycles. The summed E-state index contributed by atoms with van der Waals surface area (Å²) in [5, 5.41) is 4.28. The van der Waals surface area contributed by atoms with Gasteiger partial charge < -0.3 is 0 Å². The lowest BCUT2D eigenvalue weighted by atomic mass is 10.3. The van der Waals surface area contributed by atoms with E-state index < -0.39 is 13.1 Å². The number of benzene rings is 1. The van der Waals surface area contributed by atoms with E-state index in [4.69, 9.17) is 0 Å². The molecule has 0 heterocycles. The molecule has 0 saturated heterocycles. The van der Waals surface area contributed by atoms with Crippen molar-refractivity contribution in [1.82, 2.24) is 0 Å². The SMILES string of the molecule is C=C(C)/C=[C](\Sc1ccccc1)[Al-]([CH2]CCC)([CH2]C(C)C)[CH2]C(C)C. The highest BCUT2D eigenvalue weighted by molar-refractivity contribution is 8.05. The second-order valence-corrected chi connectivity index (χ2v) is 15.4. The van der Waals surface area contributed by atoms with E-state index >= 15 is 0 Å². The Kier molecular flexibility index (Phi) is 10.3. The summed E-state index contributed by atoms with van der Waals surface area (Å²) in [4.78, 5) is 1.38. The number of thioether (sulfide) groups is 1.